The SMILES string of the molecule is CNCC1CCN(C(=O)c2sc(-c3ccc(OC)c(OC)c3)nc2C)CC1. The van der Waals surface area contributed by atoms with Crippen molar-refractivity contribution in [1.82, 2.24) is 15.2 Å². The van der Waals surface area contributed by atoms with Crippen molar-refractivity contribution >= 4 is 17.2 Å². The number of carbonyl (C=O) groups is 1. The first-order valence-corrected chi connectivity index (χ1v) is 10.0. The first-order valence-electron chi connectivity index (χ1n) is 9.21. The van der Waals surface area contributed by atoms with Gasteiger partial charge in [-0.3, -0.25) is 4.79 Å². The zero-order chi connectivity index (χ0) is 19.4. The van der Waals surface area contributed by atoms with Crippen LogP contribution in [0.1, 0.15) is 28.2 Å². The lowest BCUT2D eigenvalue weighted by molar-refractivity contribution is 0.0695. The molecule has 27 heavy (non-hydrogen) atoms. The van der Waals surface area contributed by atoms with Crippen molar-refractivity contribution in [2.45, 2.75) is 19.8 Å². The van der Waals surface area contributed by atoms with Crippen molar-refractivity contribution < 1.29 is 14.3 Å². The minimum Gasteiger partial charge on any atom is -0.493 e. The predicted octanol–water partition coefficient (Wildman–Crippen LogP) is 3.21. The largest absolute Gasteiger partial charge is 0.493 e. The summed E-state index contributed by atoms with van der Waals surface area (Å²) in [7, 11) is 5.21. The lowest BCUT2D eigenvalue weighted by Crippen LogP contribution is -2.40. The molecule has 0 radical (unpaired) electrons. The zero-order valence-electron chi connectivity index (χ0n) is 16.4. The Bertz CT molecular complexity index is 798. The summed E-state index contributed by atoms with van der Waals surface area (Å²) in [5, 5.41) is 4.05. The normalized spacial score (nSPS) is 15.0. The van der Waals surface area contributed by atoms with Crippen LogP contribution in [0.4, 0.5) is 0 Å². The second-order valence-corrected chi connectivity index (χ2v) is 7.80. The van der Waals surface area contributed by atoms with E-state index in [-0.39, 0.29) is 5.91 Å². The molecular formula is C20H27N3O3S. The quantitative estimate of drug-likeness (QED) is 0.822. The fraction of sp³-hybridized carbons (Fsp3) is 0.500. The van der Waals surface area contributed by atoms with Gasteiger partial charge in [0.25, 0.3) is 5.91 Å². The maximum atomic E-state index is 13.0. The molecule has 1 saturated heterocycles. The zero-order valence-corrected chi connectivity index (χ0v) is 17.2. The molecule has 0 aliphatic carbocycles. The number of benzene rings is 1. The number of hydrogen-bond acceptors (Lipinski definition) is 6. The highest BCUT2D eigenvalue weighted by Crippen LogP contribution is 2.35. The Balaban J connectivity index is 1.78. The van der Waals surface area contributed by atoms with Crippen molar-refractivity contribution in [1.29, 1.82) is 0 Å². The van der Waals surface area contributed by atoms with Gasteiger partial charge in [-0.1, -0.05) is 0 Å². The number of hydrogen-bond donors (Lipinski definition) is 1. The van der Waals surface area contributed by atoms with Gasteiger partial charge in [0.05, 0.1) is 19.9 Å². The maximum absolute atomic E-state index is 13.0. The van der Waals surface area contributed by atoms with E-state index in [0.717, 1.165) is 53.6 Å². The van der Waals surface area contributed by atoms with Crippen LogP contribution in [0.3, 0.4) is 0 Å². The van der Waals surface area contributed by atoms with Gasteiger partial charge in [0.2, 0.25) is 0 Å². The third-order valence-electron chi connectivity index (χ3n) is 5.02. The molecule has 1 fully saturated rings. The van der Waals surface area contributed by atoms with E-state index in [9.17, 15) is 4.79 Å². The summed E-state index contributed by atoms with van der Waals surface area (Å²) in [5.41, 5.74) is 1.71. The Hall–Kier alpha value is -2.12. The van der Waals surface area contributed by atoms with Gasteiger partial charge in [-0.2, -0.15) is 0 Å². The number of aryl methyl sites for hydroxylation is 1. The van der Waals surface area contributed by atoms with Crippen LogP contribution in [-0.4, -0.2) is 56.7 Å². The van der Waals surface area contributed by atoms with Gasteiger partial charge < -0.3 is 19.7 Å². The number of likely N-dealkylation sites (tertiary alicyclic amines) is 1. The molecule has 7 heteroatoms. The molecule has 6 nitrogen and oxygen atoms in total. The summed E-state index contributed by atoms with van der Waals surface area (Å²) in [6.07, 6.45) is 2.10. The number of rotatable bonds is 6. The van der Waals surface area contributed by atoms with Crippen molar-refractivity contribution in [3.8, 4) is 22.1 Å². The van der Waals surface area contributed by atoms with Crippen molar-refractivity contribution in [2.75, 3.05) is 40.9 Å². The molecular weight excluding hydrogens is 362 g/mol. The van der Waals surface area contributed by atoms with Crippen LogP contribution in [0.15, 0.2) is 18.2 Å². The summed E-state index contributed by atoms with van der Waals surface area (Å²) in [4.78, 5) is 20.3. The van der Waals surface area contributed by atoms with Crippen molar-refractivity contribution in [2.24, 2.45) is 5.92 Å². The van der Waals surface area contributed by atoms with E-state index >= 15 is 0 Å². The van der Waals surface area contributed by atoms with Gasteiger partial charge >= 0.3 is 0 Å². The van der Waals surface area contributed by atoms with Crippen LogP contribution in [0.2, 0.25) is 0 Å². The van der Waals surface area contributed by atoms with Crippen LogP contribution in [0.25, 0.3) is 10.6 Å². The second kappa shape index (κ2) is 8.71. The highest BCUT2D eigenvalue weighted by molar-refractivity contribution is 7.17. The Morgan fingerprint density at radius 3 is 2.59 bits per heavy atom. The van der Waals surface area contributed by atoms with Gasteiger partial charge in [-0.05, 0) is 57.5 Å². The number of nitrogens with one attached hydrogen (secondary N) is 1. The van der Waals surface area contributed by atoms with E-state index in [1.54, 1.807) is 14.2 Å². The Morgan fingerprint density at radius 1 is 1.26 bits per heavy atom. The summed E-state index contributed by atoms with van der Waals surface area (Å²) in [6, 6.07) is 5.70. The minimum atomic E-state index is 0.0969. The second-order valence-electron chi connectivity index (χ2n) is 6.80. The van der Waals surface area contributed by atoms with Gasteiger partial charge in [-0.15, -0.1) is 11.3 Å². The molecule has 1 aliphatic rings. The molecule has 1 aliphatic heterocycles. The Kier molecular flexibility index (Phi) is 6.34. The number of carbonyl (C=O) groups excluding carboxylic acids is 1. The lowest BCUT2D eigenvalue weighted by Gasteiger charge is -2.31. The van der Waals surface area contributed by atoms with Gasteiger partial charge in [0, 0.05) is 18.7 Å². The number of nitrogens with zero attached hydrogens (tertiary/aromatic N) is 2. The van der Waals surface area contributed by atoms with Crippen LogP contribution >= 0.6 is 11.3 Å². The third-order valence-corrected chi connectivity index (χ3v) is 6.21. The van der Waals surface area contributed by atoms with E-state index in [2.05, 4.69) is 10.3 Å². The van der Waals surface area contributed by atoms with E-state index in [1.807, 2.05) is 37.1 Å². The standard InChI is InChI=1S/C20H27N3O3S/c1-13-18(20(24)23-9-7-14(8-10-23)12-21-2)27-19(22-13)15-5-6-16(25-3)17(11-15)26-4/h5-6,11,14,21H,7-10,12H2,1-4H3. The average molecular weight is 390 g/mol. The number of piperidine rings is 1. The molecule has 0 spiro atoms. The van der Waals surface area contributed by atoms with E-state index in [4.69, 9.17) is 9.47 Å². The van der Waals surface area contributed by atoms with E-state index in [0.29, 0.717) is 17.4 Å². The minimum absolute atomic E-state index is 0.0969. The number of thiazole rings is 1. The molecule has 2 heterocycles. The molecule has 0 saturated carbocycles. The highest BCUT2D eigenvalue weighted by atomic mass is 32.1. The topological polar surface area (TPSA) is 63.7 Å². The van der Waals surface area contributed by atoms with Crippen LogP contribution in [0.5, 0.6) is 11.5 Å². The Morgan fingerprint density at radius 2 is 1.96 bits per heavy atom. The Labute approximate surface area is 164 Å². The van der Waals surface area contributed by atoms with Crippen LogP contribution < -0.4 is 14.8 Å². The summed E-state index contributed by atoms with van der Waals surface area (Å²) in [6.45, 7) is 4.55. The molecule has 146 valence electrons. The van der Waals surface area contributed by atoms with E-state index < -0.39 is 0 Å². The number of methoxy groups -OCH3 is 2. The van der Waals surface area contributed by atoms with Crippen LogP contribution in [-0.2, 0) is 0 Å². The monoisotopic (exact) mass is 389 g/mol. The maximum Gasteiger partial charge on any atom is 0.265 e. The molecule has 0 bridgehead atoms. The highest BCUT2D eigenvalue weighted by Gasteiger charge is 2.26. The lowest BCUT2D eigenvalue weighted by atomic mass is 9.97. The fourth-order valence-electron chi connectivity index (χ4n) is 3.46. The van der Waals surface area contributed by atoms with Gasteiger partial charge in [0.1, 0.15) is 9.88 Å². The van der Waals surface area contributed by atoms with Crippen molar-refractivity contribution in [3.63, 3.8) is 0 Å². The van der Waals surface area contributed by atoms with Gasteiger partial charge in [-0.25, -0.2) is 4.98 Å². The molecule has 2 aromatic rings. The first-order chi connectivity index (χ1) is 13.1. The summed E-state index contributed by atoms with van der Waals surface area (Å²) in [5.74, 6) is 2.08. The molecule has 3 rings (SSSR count). The molecule has 1 N–H and O–H groups in total. The van der Waals surface area contributed by atoms with Crippen LogP contribution in [0, 0.1) is 12.8 Å². The molecule has 0 atom stereocenters. The summed E-state index contributed by atoms with van der Waals surface area (Å²) >= 11 is 1.45. The molecule has 1 aromatic heterocycles. The average Bonchev–Trinajstić information content (AvgIpc) is 3.09. The number of aromatic nitrogens is 1. The molecule has 1 amide bonds. The van der Waals surface area contributed by atoms with Gasteiger partial charge in [0.15, 0.2) is 11.5 Å². The van der Waals surface area contributed by atoms with Crippen molar-refractivity contribution in [3.05, 3.63) is 28.8 Å². The molecule has 0 unspecified atom stereocenters. The summed E-state index contributed by atoms with van der Waals surface area (Å²) < 4.78 is 10.7. The number of ether oxygens (including phenoxy) is 2. The molecule has 1 aromatic carbocycles. The first kappa shape index (κ1) is 19.6. The van der Waals surface area contributed by atoms with E-state index in [1.165, 1.54) is 11.3 Å². The fourth-order valence-corrected chi connectivity index (χ4v) is 4.49. The number of amides is 1. The third kappa shape index (κ3) is 4.25. The predicted molar refractivity (Wildman–Crippen MR) is 108 cm³/mol. The smallest absolute Gasteiger partial charge is 0.265 e.